The van der Waals surface area contributed by atoms with Crippen LogP contribution < -0.4 is 5.32 Å². The lowest BCUT2D eigenvalue weighted by Crippen LogP contribution is -2.50. The first-order valence-electron chi connectivity index (χ1n) is 7.81. The van der Waals surface area contributed by atoms with Crippen molar-refractivity contribution in [3.8, 4) is 0 Å². The van der Waals surface area contributed by atoms with Gasteiger partial charge in [0.05, 0.1) is 5.92 Å². The van der Waals surface area contributed by atoms with Crippen LogP contribution in [0, 0.1) is 17.8 Å². The lowest BCUT2D eigenvalue weighted by Gasteiger charge is -2.32. The fourth-order valence-electron chi connectivity index (χ4n) is 3.64. The van der Waals surface area contributed by atoms with Crippen molar-refractivity contribution in [2.75, 3.05) is 13.1 Å². The van der Waals surface area contributed by atoms with Crippen LogP contribution in [0.5, 0.6) is 0 Å². The Hall–Kier alpha value is -1.26. The molecule has 1 aliphatic carbocycles. The number of carboxylic acids is 1. The first-order valence-corrected chi connectivity index (χ1v) is 7.81. The molecule has 0 aromatic heterocycles. The van der Waals surface area contributed by atoms with E-state index in [1.54, 1.807) is 4.90 Å². The number of aliphatic carboxylic acids is 1. The molecule has 2 amide bonds. The standard InChI is InChI=1S/C15H26N2O3/c1-3-11-6-7-13(10(11)2)16-15(20)17-8-4-5-12(9-17)14(18)19/h10-13H,3-9H2,1-2H3,(H,16,20)(H,18,19). The van der Waals surface area contributed by atoms with Crippen molar-refractivity contribution in [1.82, 2.24) is 10.2 Å². The highest BCUT2D eigenvalue weighted by atomic mass is 16.4. The average molecular weight is 282 g/mol. The lowest BCUT2D eigenvalue weighted by atomic mass is 9.93. The van der Waals surface area contributed by atoms with Gasteiger partial charge in [0.1, 0.15) is 0 Å². The molecule has 2 fully saturated rings. The molecule has 0 spiro atoms. The van der Waals surface area contributed by atoms with Gasteiger partial charge in [-0.15, -0.1) is 0 Å². The zero-order valence-corrected chi connectivity index (χ0v) is 12.5. The van der Waals surface area contributed by atoms with Gasteiger partial charge in [-0.3, -0.25) is 4.79 Å². The number of amides is 2. The molecule has 4 unspecified atom stereocenters. The monoisotopic (exact) mass is 282 g/mol. The highest BCUT2D eigenvalue weighted by Crippen LogP contribution is 2.34. The number of urea groups is 1. The van der Waals surface area contributed by atoms with E-state index in [1.165, 1.54) is 12.8 Å². The maximum Gasteiger partial charge on any atom is 0.317 e. The van der Waals surface area contributed by atoms with Crippen LogP contribution in [0.1, 0.15) is 46.0 Å². The number of carbonyl (C=O) groups excluding carboxylic acids is 1. The predicted octanol–water partition coefficient (Wildman–Crippen LogP) is 2.32. The van der Waals surface area contributed by atoms with Gasteiger partial charge in [0.2, 0.25) is 0 Å². The quantitative estimate of drug-likeness (QED) is 0.834. The summed E-state index contributed by atoms with van der Waals surface area (Å²) in [5.74, 6) is 0.0270. The zero-order valence-electron chi connectivity index (χ0n) is 12.5. The van der Waals surface area contributed by atoms with E-state index in [2.05, 4.69) is 19.2 Å². The van der Waals surface area contributed by atoms with E-state index >= 15 is 0 Å². The van der Waals surface area contributed by atoms with Crippen molar-refractivity contribution in [3.63, 3.8) is 0 Å². The van der Waals surface area contributed by atoms with E-state index < -0.39 is 11.9 Å². The Labute approximate surface area is 120 Å². The zero-order chi connectivity index (χ0) is 14.7. The summed E-state index contributed by atoms with van der Waals surface area (Å²) in [7, 11) is 0. The molecule has 0 aromatic rings. The number of carboxylic acid groups (broad SMARTS) is 1. The number of rotatable bonds is 3. The third kappa shape index (κ3) is 3.25. The summed E-state index contributed by atoms with van der Waals surface area (Å²) in [6, 6.07) is 0.169. The fraction of sp³-hybridized carbons (Fsp3) is 0.867. The van der Waals surface area contributed by atoms with Gasteiger partial charge in [0.25, 0.3) is 0 Å². The maximum atomic E-state index is 12.3. The van der Waals surface area contributed by atoms with Gasteiger partial charge >= 0.3 is 12.0 Å². The minimum atomic E-state index is -0.789. The molecule has 0 radical (unpaired) electrons. The van der Waals surface area contributed by atoms with Gasteiger partial charge in [0, 0.05) is 19.1 Å². The van der Waals surface area contributed by atoms with Gasteiger partial charge in [-0.25, -0.2) is 4.79 Å². The Bertz CT molecular complexity index is 372. The van der Waals surface area contributed by atoms with Crippen molar-refractivity contribution < 1.29 is 14.7 Å². The molecule has 2 aliphatic rings. The van der Waals surface area contributed by atoms with Gasteiger partial charge in [-0.05, 0) is 37.5 Å². The summed E-state index contributed by atoms with van der Waals surface area (Å²) in [5.41, 5.74) is 0. The molecule has 5 heteroatoms. The second-order valence-electron chi connectivity index (χ2n) is 6.28. The summed E-state index contributed by atoms with van der Waals surface area (Å²) in [5, 5.41) is 12.2. The molecule has 20 heavy (non-hydrogen) atoms. The largest absolute Gasteiger partial charge is 0.481 e. The Balaban J connectivity index is 1.87. The normalized spacial score (nSPS) is 34.0. The number of nitrogens with one attached hydrogen (secondary N) is 1. The van der Waals surface area contributed by atoms with E-state index in [-0.39, 0.29) is 12.1 Å². The van der Waals surface area contributed by atoms with Crippen LogP contribution in [-0.2, 0) is 4.79 Å². The van der Waals surface area contributed by atoms with Crippen LogP contribution >= 0.6 is 0 Å². The Kier molecular flexibility index (Phi) is 4.89. The summed E-state index contributed by atoms with van der Waals surface area (Å²) >= 11 is 0. The topological polar surface area (TPSA) is 69.6 Å². The number of hydrogen-bond donors (Lipinski definition) is 2. The Morgan fingerprint density at radius 3 is 2.65 bits per heavy atom. The van der Waals surface area contributed by atoms with Crippen molar-refractivity contribution in [3.05, 3.63) is 0 Å². The molecule has 1 saturated carbocycles. The van der Waals surface area contributed by atoms with E-state index in [0.717, 1.165) is 12.8 Å². The van der Waals surface area contributed by atoms with Crippen LogP contribution in [-0.4, -0.2) is 41.1 Å². The molecule has 2 N–H and O–H groups in total. The number of carbonyl (C=O) groups is 2. The highest BCUT2D eigenvalue weighted by molar-refractivity contribution is 5.76. The third-order valence-electron chi connectivity index (χ3n) is 5.12. The molecule has 0 aromatic carbocycles. The average Bonchev–Trinajstić information content (AvgIpc) is 2.79. The number of piperidine rings is 1. The highest BCUT2D eigenvalue weighted by Gasteiger charge is 2.34. The van der Waals surface area contributed by atoms with Gasteiger partial charge < -0.3 is 15.3 Å². The molecule has 1 heterocycles. The molecule has 2 rings (SSSR count). The van der Waals surface area contributed by atoms with Crippen molar-refractivity contribution in [2.45, 2.75) is 52.0 Å². The molecule has 5 nitrogen and oxygen atoms in total. The minimum Gasteiger partial charge on any atom is -0.481 e. The van der Waals surface area contributed by atoms with Crippen LogP contribution in [0.3, 0.4) is 0 Å². The van der Waals surface area contributed by atoms with Gasteiger partial charge in [-0.2, -0.15) is 0 Å². The fourth-order valence-corrected chi connectivity index (χ4v) is 3.64. The minimum absolute atomic E-state index is 0.0791. The SMILES string of the molecule is CCC1CCC(NC(=O)N2CCCC(C(=O)O)C2)C1C. The molecule has 1 aliphatic heterocycles. The molecule has 1 saturated heterocycles. The third-order valence-corrected chi connectivity index (χ3v) is 5.12. The smallest absolute Gasteiger partial charge is 0.317 e. The summed E-state index contributed by atoms with van der Waals surface area (Å²) < 4.78 is 0. The molecule has 114 valence electrons. The summed E-state index contributed by atoms with van der Waals surface area (Å²) in [4.78, 5) is 25.0. The second-order valence-corrected chi connectivity index (χ2v) is 6.28. The van der Waals surface area contributed by atoms with E-state index in [9.17, 15) is 9.59 Å². The van der Waals surface area contributed by atoms with E-state index in [0.29, 0.717) is 31.3 Å². The Morgan fingerprint density at radius 2 is 2.05 bits per heavy atom. The predicted molar refractivity (Wildman–Crippen MR) is 76.4 cm³/mol. The second kappa shape index (κ2) is 6.46. The molecular weight excluding hydrogens is 256 g/mol. The van der Waals surface area contributed by atoms with Crippen LogP contribution in [0.2, 0.25) is 0 Å². The first kappa shape index (κ1) is 15.1. The number of likely N-dealkylation sites (tertiary alicyclic amines) is 1. The number of nitrogens with zero attached hydrogens (tertiary/aromatic N) is 1. The van der Waals surface area contributed by atoms with Crippen LogP contribution in [0.25, 0.3) is 0 Å². The molecule has 0 bridgehead atoms. The van der Waals surface area contributed by atoms with Crippen molar-refractivity contribution in [2.24, 2.45) is 17.8 Å². The molecule has 4 atom stereocenters. The van der Waals surface area contributed by atoms with Crippen molar-refractivity contribution >= 4 is 12.0 Å². The summed E-state index contributed by atoms with van der Waals surface area (Å²) in [6.07, 6.45) is 4.85. The lowest BCUT2D eigenvalue weighted by molar-refractivity contribution is -0.143. The van der Waals surface area contributed by atoms with E-state index in [4.69, 9.17) is 5.11 Å². The maximum absolute atomic E-state index is 12.3. The van der Waals surface area contributed by atoms with Gasteiger partial charge in [0.15, 0.2) is 0 Å². The van der Waals surface area contributed by atoms with E-state index in [1.807, 2.05) is 0 Å². The van der Waals surface area contributed by atoms with Crippen LogP contribution in [0.4, 0.5) is 4.79 Å². The first-order chi connectivity index (χ1) is 9.52. The molecular formula is C15H26N2O3. The van der Waals surface area contributed by atoms with Crippen molar-refractivity contribution in [1.29, 1.82) is 0 Å². The number of hydrogen-bond acceptors (Lipinski definition) is 2. The van der Waals surface area contributed by atoms with Gasteiger partial charge in [-0.1, -0.05) is 20.3 Å². The van der Waals surface area contributed by atoms with Crippen LogP contribution in [0.15, 0.2) is 0 Å². The summed E-state index contributed by atoms with van der Waals surface area (Å²) in [6.45, 7) is 5.43. The Morgan fingerprint density at radius 1 is 1.30 bits per heavy atom.